The number of benzene rings is 1. The molecule has 1 aromatic carbocycles. The van der Waals surface area contributed by atoms with E-state index in [4.69, 9.17) is 23.2 Å². The molecule has 3 amide bonds. The number of amides is 3. The number of hydrogen-bond donors (Lipinski definition) is 1. The van der Waals surface area contributed by atoms with Gasteiger partial charge in [0.2, 0.25) is 17.7 Å². The van der Waals surface area contributed by atoms with E-state index in [1.165, 1.54) is 17.8 Å². The number of carbonyl (C=O) groups is 3. The van der Waals surface area contributed by atoms with Crippen LogP contribution in [0.4, 0.5) is 5.69 Å². The van der Waals surface area contributed by atoms with Gasteiger partial charge in [-0.3, -0.25) is 19.3 Å². The molecule has 0 aromatic heterocycles. The Labute approximate surface area is 136 Å². The lowest BCUT2D eigenvalue weighted by molar-refractivity contribution is -0.145. The van der Waals surface area contributed by atoms with Crippen molar-refractivity contribution >= 4 is 58.4 Å². The highest BCUT2D eigenvalue weighted by Crippen LogP contribution is 2.25. The molecule has 1 aromatic rings. The van der Waals surface area contributed by atoms with E-state index in [2.05, 4.69) is 5.32 Å². The number of anilines is 1. The zero-order valence-electron chi connectivity index (χ0n) is 11.1. The lowest BCUT2D eigenvalue weighted by Crippen LogP contribution is -2.49. The number of hydrogen-bond acceptors (Lipinski definition) is 4. The molecular weight excluding hydrogens is 335 g/mol. The van der Waals surface area contributed by atoms with Crippen LogP contribution in [-0.4, -0.2) is 40.2 Å². The first kappa shape index (κ1) is 16.1. The predicted octanol–water partition coefficient (Wildman–Crippen LogP) is 2.42. The maximum Gasteiger partial charge on any atom is 0.244 e. The van der Waals surface area contributed by atoms with Crippen molar-refractivity contribution in [1.82, 2.24) is 4.90 Å². The zero-order chi connectivity index (χ0) is 15.6. The summed E-state index contributed by atoms with van der Waals surface area (Å²) < 4.78 is 0. The fraction of sp³-hybridized carbons (Fsp3) is 0.308. The predicted molar refractivity (Wildman–Crippen MR) is 83.7 cm³/mol. The van der Waals surface area contributed by atoms with Gasteiger partial charge in [-0.1, -0.05) is 23.2 Å². The number of rotatable bonds is 3. The fourth-order valence-electron chi connectivity index (χ4n) is 1.77. The maximum atomic E-state index is 11.9. The number of carbonyl (C=O) groups excluding carboxylic acids is 3. The Bertz CT molecular complexity index is 609. The van der Waals surface area contributed by atoms with Crippen LogP contribution in [0.15, 0.2) is 18.2 Å². The van der Waals surface area contributed by atoms with Crippen molar-refractivity contribution in [3.05, 3.63) is 28.2 Å². The van der Waals surface area contributed by atoms with Crippen LogP contribution in [0.3, 0.4) is 0 Å². The minimum Gasteiger partial charge on any atom is -0.324 e. The van der Waals surface area contributed by atoms with Gasteiger partial charge >= 0.3 is 0 Å². The van der Waals surface area contributed by atoms with Gasteiger partial charge in [-0.25, -0.2) is 0 Å². The quantitative estimate of drug-likeness (QED) is 0.853. The van der Waals surface area contributed by atoms with Crippen LogP contribution in [-0.2, 0) is 14.4 Å². The maximum absolute atomic E-state index is 11.9. The Kier molecular flexibility index (Phi) is 5.13. The van der Waals surface area contributed by atoms with Crippen molar-refractivity contribution in [1.29, 1.82) is 0 Å². The van der Waals surface area contributed by atoms with E-state index in [1.54, 1.807) is 19.1 Å². The molecule has 1 saturated heterocycles. The summed E-state index contributed by atoms with van der Waals surface area (Å²) >= 11 is 12.9. The van der Waals surface area contributed by atoms with Crippen molar-refractivity contribution in [2.45, 2.75) is 12.2 Å². The molecule has 1 atom stereocenters. The van der Waals surface area contributed by atoms with Crippen LogP contribution in [0.2, 0.25) is 10.0 Å². The molecule has 1 fully saturated rings. The van der Waals surface area contributed by atoms with Gasteiger partial charge in [0, 0.05) is 5.69 Å². The van der Waals surface area contributed by atoms with Crippen molar-refractivity contribution in [2.75, 3.05) is 17.6 Å². The van der Waals surface area contributed by atoms with Gasteiger partial charge in [-0.2, -0.15) is 0 Å². The first-order valence-electron chi connectivity index (χ1n) is 6.09. The SMILES string of the molecule is CC1SCC(=O)N(CC(=O)Nc2ccc(Cl)c(Cl)c2)C1=O. The second kappa shape index (κ2) is 6.68. The van der Waals surface area contributed by atoms with Crippen LogP contribution in [0.25, 0.3) is 0 Å². The second-order valence-electron chi connectivity index (χ2n) is 4.45. The summed E-state index contributed by atoms with van der Waals surface area (Å²) in [5.74, 6) is -0.963. The third-order valence-electron chi connectivity index (χ3n) is 2.88. The van der Waals surface area contributed by atoms with Crippen molar-refractivity contribution < 1.29 is 14.4 Å². The number of nitrogens with zero attached hydrogens (tertiary/aromatic N) is 1. The highest BCUT2D eigenvalue weighted by Gasteiger charge is 2.33. The molecule has 0 aliphatic carbocycles. The smallest absolute Gasteiger partial charge is 0.244 e. The van der Waals surface area contributed by atoms with Gasteiger partial charge in [0.25, 0.3) is 0 Å². The average Bonchev–Trinajstić information content (AvgIpc) is 2.43. The summed E-state index contributed by atoms with van der Waals surface area (Å²) in [4.78, 5) is 36.5. The summed E-state index contributed by atoms with van der Waals surface area (Å²) in [5, 5.41) is 2.95. The summed E-state index contributed by atoms with van der Waals surface area (Å²) in [6.45, 7) is 1.41. The fourth-order valence-corrected chi connectivity index (χ4v) is 2.89. The standard InChI is InChI=1S/C13H12Cl2N2O3S/c1-7-13(20)17(12(19)6-21-7)5-11(18)16-8-2-3-9(14)10(15)4-8/h2-4,7H,5-6H2,1H3,(H,16,18). The van der Waals surface area contributed by atoms with E-state index in [0.29, 0.717) is 15.7 Å². The Hall–Kier alpha value is -1.24. The summed E-state index contributed by atoms with van der Waals surface area (Å²) in [5.41, 5.74) is 0.453. The Balaban J connectivity index is 2.02. The average molecular weight is 347 g/mol. The Morgan fingerprint density at radius 1 is 1.38 bits per heavy atom. The van der Waals surface area contributed by atoms with E-state index in [0.717, 1.165) is 4.90 Å². The third-order valence-corrected chi connectivity index (χ3v) is 4.73. The van der Waals surface area contributed by atoms with Crippen LogP contribution < -0.4 is 5.32 Å². The van der Waals surface area contributed by atoms with Crippen LogP contribution in [0.1, 0.15) is 6.92 Å². The summed E-state index contributed by atoms with van der Waals surface area (Å²) in [6.07, 6.45) is 0. The molecule has 5 nitrogen and oxygen atoms in total. The summed E-state index contributed by atoms with van der Waals surface area (Å²) in [7, 11) is 0. The molecule has 0 saturated carbocycles. The molecule has 8 heteroatoms. The molecule has 1 unspecified atom stereocenters. The van der Waals surface area contributed by atoms with Crippen molar-refractivity contribution in [3.8, 4) is 0 Å². The van der Waals surface area contributed by atoms with Gasteiger partial charge < -0.3 is 5.32 Å². The molecule has 0 radical (unpaired) electrons. The molecule has 1 aliphatic rings. The van der Waals surface area contributed by atoms with Gasteiger partial charge in [0.15, 0.2) is 0 Å². The first-order chi connectivity index (χ1) is 9.88. The lowest BCUT2D eigenvalue weighted by atomic mass is 10.3. The number of nitrogens with one attached hydrogen (secondary N) is 1. The van der Waals surface area contributed by atoms with Gasteiger partial charge in [-0.15, -0.1) is 11.8 Å². The molecule has 0 spiro atoms. The van der Waals surface area contributed by atoms with Crippen LogP contribution in [0.5, 0.6) is 0 Å². The van der Waals surface area contributed by atoms with Crippen molar-refractivity contribution in [2.24, 2.45) is 0 Å². The van der Waals surface area contributed by atoms with Crippen molar-refractivity contribution in [3.63, 3.8) is 0 Å². The van der Waals surface area contributed by atoms with Gasteiger partial charge in [-0.05, 0) is 25.1 Å². The molecule has 1 N–H and O–H groups in total. The number of imide groups is 1. The van der Waals surface area contributed by atoms with E-state index in [1.807, 2.05) is 0 Å². The van der Waals surface area contributed by atoms with Gasteiger partial charge in [0.1, 0.15) is 6.54 Å². The highest BCUT2D eigenvalue weighted by molar-refractivity contribution is 8.01. The summed E-state index contributed by atoms with van der Waals surface area (Å²) in [6, 6.07) is 4.64. The second-order valence-corrected chi connectivity index (χ2v) is 6.59. The first-order valence-corrected chi connectivity index (χ1v) is 7.89. The largest absolute Gasteiger partial charge is 0.324 e. The Morgan fingerprint density at radius 3 is 2.76 bits per heavy atom. The number of thioether (sulfide) groups is 1. The van der Waals surface area contributed by atoms with E-state index in [9.17, 15) is 14.4 Å². The molecule has 0 bridgehead atoms. The topological polar surface area (TPSA) is 66.5 Å². The molecule has 2 rings (SSSR count). The normalized spacial score (nSPS) is 18.8. The third kappa shape index (κ3) is 3.90. The van der Waals surface area contributed by atoms with E-state index >= 15 is 0 Å². The highest BCUT2D eigenvalue weighted by atomic mass is 35.5. The molecular formula is C13H12Cl2N2O3S. The molecule has 21 heavy (non-hydrogen) atoms. The minimum atomic E-state index is -0.464. The van der Waals surface area contributed by atoms with E-state index < -0.39 is 5.91 Å². The van der Waals surface area contributed by atoms with E-state index in [-0.39, 0.29) is 29.4 Å². The lowest BCUT2D eigenvalue weighted by Gasteiger charge is -2.27. The number of halogens is 2. The zero-order valence-corrected chi connectivity index (χ0v) is 13.4. The Morgan fingerprint density at radius 2 is 2.10 bits per heavy atom. The molecule has 1 heterocycles. The van der Waals surface area contributed by atoms with Crippen LogP contribution in [0, 0.1) is 0 Å². The van der Waals surface area contributed by atoms with Crippen LogP contribution >= 0.6 is 35.0 Å². The molecule has 112 valence electrons. The molecule has 1 aliphatic heterocycles. The minimum absolute atomic E-state index is 0.201. The van der Waals surface area contributed by atoms with Gasteiger partial charge in [0.05, 0.1) is 21.0 Å². The monoisotopic (exact) mass is 346 g/mol.